The van der Waals surface area contributed by atoms with Crippen LogP contribution in [-0.2, 0) is 19.2 Å². The second-order valence-corrected chi connectivity index (χ2v) is 12.0. The minimum Gasteiger partial charge on any atom is -0.433 e. The number of carbonyl (C=O) groups excluding carboxylic acids is 4. The van der Waals surface area contributed by atoms with Gasteiger partial charge in [0.2, 0.25) is 11.8 Å². The number of anilines is 1. The normalized spacial score (nSPS) is 21.9. The van der Waals surface area contributed by atoms with E-state index >= 15 is 0 Å². The average molecular weight is 608 g/mol. The molecule has 3 fully saturated rings. The van der Waals surface area contributed by atoms with E-state index < -0.39 is 18.1 Å². The molecule has 0 radical (unpaired) electrons. The molecule has 4 atom stereocenters. The van der Waals surface area contributed by atoms with E-state index in [-0.39, 0.29) is 41.2 Å². The molecule has 1 aliphatic carbocycles. The van der Waals surface area contributed by atoms with Crippen LogP contribution in [-0.4, -0.2) is 95.7 Å². The van der Waals surface area contributed by atoms with E-state index in [2.05, 4.69) is 15.2 Å². The number of ether oxygens (including phenoxy) is 1. The Labute approximate surface area is 257 Å². The summed E-state index contributed by atoms with van der Waals surface area (Å²) >= 11 is 0. The number of piperidine rings is 1. The number of hydroxylamine groups is 2. The summed E-state index contributed by atoms with van der Waals surface area (Å²) in [5.41, 5.74) is 6.45. The van der Waals surface area contributed by atoms with E-state index in [1.165, 1.54) is 5.06 Å². The Morgan fingerprint density at radius 2 is 1.70 bits per heavy atom. The standard InChI is InChI=1S/C31H41N7O6/c1-4-5-15-43-31(42)44-38-13-11-36(12-14-38)30(41)26(19(2)3)35-29(40)23-16-24(34-28(33-23)20-9-7-6-8-10-20)37-17-21-22(18-37)25(21)27(32)39/h6-10,16,19,21-22,25-26H,4-5,11-15,17-18H2,1-3H3,(H2,32,39)(H,35,40)/t21-,22+,25-,26-/m0/s1. The zero-order valence-electron chi connectivity index (χ0n) is 25.5. The summed E-state index contributed by atoms with van der Waals surface area (Å²) < 4.78 is 5.05. The number of nitrogens with zero attached hydrogens (tertiary/aromatic N) is 5. The van der Waals surface area contributed by atoms with E-state index in [9.17, 15) is 19.2 Å². The highest BCUT2D eigenvalue weighted by Gasteiger charge is 2.59. The largest absolute Gasteiger partial charge is 0.527 e. The molecule has 3 N–H and O–H groups in total. The Balaban J connectivity index is 1.26. The van der Waals surface area contributed by atoms with Crippen molar-refractivity contribution in [2.24, 2.45) is 29.4 Å². The second-order valence-electron chi connectivity index (χ2n) is 12.0. The molecule has 13 heteroatoms. The molecular formula is C31H41N7O6. The van der Waals surface area contributed by atoms with Crippen LogP contribution in [0, 0.1) is 23.7 Å². The van der Waals surface area contributed by atoms with Gasteiger partial charge in [-0.2, -0.15) is 0 Å². The lowest BCUT2D eigenvalue weighted by molar-refractivity contribution is -0.158. The fourth-order valence-electron chi connectivity index (χ4n) is 5.92. The van der Waals surface area contributed by atoms with Crippen molar-refractivity contribution in [1.29, 1.82) is 0 Å². The van der Waals surface area contributed by atoms with Crippen LogP contribution in [0.1, 0.15) is 44.1 Å². The van der Waals surface area contributed by atoms with Gasteiger partial charge in [0, 0.05) is 43.7 Å². The molecule has 5 rings (SSSR count). The van der Waals surface area contributed by atoms with Crippen LogP contribution in [0.25, 0.3) is 11.4 Å². The molecule has 1 aromatic heterocycles. The molecule has 3 aliphatic rings. The molecule has 2 aliphatic heterocycles. The lowest BCUT2D eigenvalue weighted by Crippen LogP contribution is -2.56. The van der Waals surface area contributed by atoms with Crippen molar-refractivity contribution < 1.29 is 28.8 Å². The van der Waals surface area contributed by atoms with Gasteiger partial charge in [0.1, 0.15) is 17.6 Å². The molecule has 44 heavy (non-hydrogen) atoms. The molecule has 1 saturated carbocycles. The van der Waals surface area contributed by atoms with E-state index in [1.54, 1.807) is 11.0 Å². The molecule has 1 aromatic carbocycles. The molecule has 3 heterocycles. The van der Waals surface area contributed by atoms with Crippen molar-refractivity contribution in [3.8, 4) is 11.4 Å². The van der Waals surface area contributed by atoms with Gasteiger partial charge >= 0.3 is 6.16 Å². The van der Waals surface area contributed by atoms with Gasteiger partial charge in [0.05, 0.1) is 19.7 Å². The van der Waals surface area contributed by atoms with Crippen molar-refractivity contribution in [3.63, 3.8) is 0 Å². The van der Waals surface area contributed by atoms with Gasteiger partial charge in [0.25, 0.3) is 5.91 Å². The minimum absolute atomic E-state index is 0.102. The summed E-state index contributed by atoms with van der Waals surface area (Å²) in [5.74, 6) is 0.128. The van der Waals surface area contributed by atoms with Crippen LogP contribution in [0.3, 0.4) is 0 Å². The number of unbranched alkanes of at least 4 members (excludes halogenated alkanes) is 1. The van der Waals surface area contributed by atoms with E-state index in [0.717, 1.165) is 18.4 Å². The van der Waals surface area contributed by atoms with Gasteiger partial charge in [-0.3, -0.25) is 14.4 Å². The first kappa shape index (κ1) is 31.2. The molecule has 3 amide bonds. The highest BCUT2D eigenvalue weighted by atomic mass is 16.8. The first-order valence-electron chi connectivity index (χ1n) is 15.3. The van der Waals surface area contributed by atoms with Crippen molar-refractivity contribution in [2.75, 3.05) is 50.8 Å². The van der Waals surface area contributed by atoms with Crippen molar-refractivity contribution in [2.45, 2.75) is 39.7 Å². The topological polar surface area (TPSA) is 160 Å². The van der Waals surface area contributed by atoms with Gasteiger partial charge in [-0.25, -0.2) is 14.8 Å². The monoisotopic (exact) mass is 607 g/mol. The summed E-state index contributed by atoms with van der Waals surface area (Å²) in [7, 11) is 0. The Morgan fingerprint density at radius 3 is 2.32 bits per heavy atom. The van der Waals surface area contributed by atoms with E-state index in [4.69, 9.17) is 20.3 Å². The Morgan fingerprint density at radius 1 is 1.02 bits per heavy atom. The van der Waals surface area contributed by atoms with Gasteiger partial charge in [0.15, 0.2) is 5.82 Å². The summed E-state index contributed by atoms with van der Waals surface area (Å²) in [6.07, 6.45) is 0.926. The Kier molecular flexibility index (Phi) is 9.62. The van der Waals surface area contributed by atoms with Crippen molar-refractivity contribution in [3.05, 3.63) is 42.1 Å². The summed E-state index contributed by atoms with van der Waals surface area (Å²) in [6.45, 7) is 8.65. The van der Waals surface area contributed by atoms with Gasteiger partial charge in [-0.1, -0.05) is 57.5 Å². The van der Waals surface area contributed by atoms with Crippen molar-refractivity contribution in [1.82, 2.24) is 25.2 Å². The fraction of sp³-hybridized carbons (Fsp3) is 0.548. The van der Waals surface area contributed by atoms with E-state index in [0.29, 0.717) is 57.5 Å². The first-order valence-corrected chi connectivity index (χ1v) is 15.3. The molecule has 0 bridgehead atoms. The highest BCUT2D eigenvalue weighted by molar-refractivity contribution is 5.97. The fourth-order valence-corrected chi connectivity index (χ4v) is 5.92. The molecule has 2 aromatic rings. The van der Waals surface area contributed by atoms with Crippen LogP contribution < -0.4 is 16.0 Å². The number of fused-ring (bicyclic) bond motifs is 1. The van der Waals surface area contributed by atoms with Gasteiger partial charge < -0.3 is 30.4 Å². The predicted molar refractivity (Wildman–Crippen MR) is 161 cm³/mol. The summed E-state index contributed by atoms with van der Waals surface area (Å²) in [4.78, 5) is 69.1. The molecule has 0 spiro atoms. The average Bonchev–Trinajstić information content (AvgIpc) is 3.54. The third kappa shape index (κ3) is 7.09. The number of rotatable bonds is 11. The maximum absolute atomic E-state index is 13.7. The first-order chi connectivity index (χ1) is 21.2. The van der Waals surface area contributed by atoms with Crippen LogP contribution >= 0.6 is 0 Å². The maximum atomic E-state index is 13.7. The number of nitrogens with one attached hydrogen (secondary N) is 1. The highest BCUT2D eigenvalue weighted by Crippen LogP contribution is 2.52. The summed E-state index contributed by atoms with van der Waals surface area (Å²) in [6, 6.07) is 10.2. The SMILES string of the molecule is CCCCOC(=O)ON1CCN(C(=O)[C@@H](NC(=O)c2cc(N3C[C@@H]4[C@H](C3)[C@@H]4C(N)=O)nc(-c3ccccc3)n2)C(C)C)CC1. The molecule has 13 nitrogen and oxygen atoms in total. The predicted octanol–water partition coefficient (Wildman–Crippen LogP) is 2.08. The lowest BCUT2D eigenvalue weighted by atomic mass is 10.0. The molecular weight excluding hydrogens is 566 g/mol. The zero-order valence-corrected chi connectivity index (χ0v) is 25.5. The van der Waals surface area contributed by atoms with Crippen molar-refractivity contribution >= 4 is 29.7 Å². The van der Waals surface area contributed by atoms with Crippen LogP contribution in [0.2, 0.25) is 0 Å². The van der Waals surface area contributed by atoms with Gasteiger partial charge in [-0.05, 0) is 24.2 Å². The Hall–Kier alpha value is -4.26. The maximum Gasteiger partial charge on any atom is 0.527 e. The lowest BCUT2D eigenvalue weighted by Gasteiger charge is -2.35. The molecule has 2 saturated heterocycles. The second kappa shape index (κ2) is 13.6. The number of hydrogen-bond acceptors (Lipinski definition) is 10. The number of aromatic nitrogens is 2. The Bertz CT molecular complexity index is 1350. The van der Waals surface area contributed by atoms with Crippen LogP contribution in [0.4, 0.5) is 10.6 Å². The number of benzene rings is 1. The number of primary amides is 1. The third-order valence-corrected chi connectivity index (χ3v) is 8.51. The van der Waals surface area contributed by atoms with Crippen LogP contribution in [0.5, 0.6) is 0 Å². The summed E-state index contributed by atoms with van der Waals surface area (Å²) in [5, 5.41) is 4.41. The third-order valence-electron chi connectivity index (χ3n) is 8.51. The van der Waals surface area contributed by atoms with Crippen LogP contribution in [0.15, 0.2) is 36.4 Å². The smallest absolute Gasteiger partial charge is 0.433 e. The number of amides is 3. The van der Waals surface area contributed by atoms with E-state index in [1.807, 2.05) is 51.1 Å². The quantitative estimate of drug-likeness (QED) is 0.286. The number of piperazine rings is 1. The number of carbonyl (C=O) groups is 4. The minimum atomic E-state index is -0.789. The zero-order chi connectivity index (χ0) is 31.4. The molecule has 236 valence electrons. The van der Waals surface area contributed by atoms with Gasteiger partial charge in [-0.15, -0.1) is 5.06 Å². The number of hydrogen-bond donors (Lipinski definition) is 2. The number of nitrogens with two attached hydrogens (primary N) is 1. The molecule has 0 unspecified atom stereocenters.